The van der Waals surface area contributed by atoms with Crippen LogP contribution in [0.15, 0.2) is 18.2 Å². The number of hydrogen-bond acceptors (Lipinski definition) is 5. The molecule has 1 atom stereocenters. The van der Waals surface area contributed by atoms with Crippen molar-refractivity contribution >= 4 is 35.7 Å². The number of carboxylic acid groups (broad SMARTS) is 1. The summed E-state index contributed by atoms with van der Waals surface area (Å²) in [5.41, 5.74) is 1.06. The lowest BCUT2D eigenvalue weighted by Crippen LogP contribution is -2.38. The molecule has 0 heterocycles. The summed E-state index contributed by atoms with van der Waals surface area (Å²) in [4.78, 5) is 33.0. The van der Waals surface area contributed by atoms with Crippen LogP contribution in [0.5, 0.6) is 0 Å². The van der Waals surface area contributed by atoms with E-state index in [1.54, 1.807) is 6.92 Å². The smallest absolute Gasteiger partial charge is 0.320 e. The second-order valence-electron chi connectivity index (χ2n) is 5.19. The van der Waals surface area contributed by atoms with Crippen LogP contribution >= 0.6 is 12.4 Å². The molecule has 1 unspecified atom stereocenters. The van der Waals surface area contributed by atoms with Crippen molar-refractivity contribution in [3.05, 3.63) is 33.9 Å². The van der Waals surface area contributed by atoms with Crippen molar-refractivity contribution in [2.45, 2.75) is 39.2 Å². The molecule has 1 amide bonds. The second kappa shape index (κ2) is 10.6. The van der Waals surface area contributed by atoms with Gasteiger partial charge in [0.25, 0.3) is 5.69 Å². The van der Waals surface area contributed by atoms with Gasteiger partial charge in [0.05, 0.1) is 4.92 Å². The maximum atomic E-state index is 11.9. The van der Waals surface area contributed by atoms with Gasteiger partial charge in [-0.15, -0.1) is 12.4 Å². The van der Waals surface area contributed by atoms with Crippen LogP contribution in [0.2, 0.25) is 0 Å². The second-order valence-corrected chi connectivity index (χ2v) is 5.19. The first-order chi connectivity index (χ1) is 10.8. The van der Waals surface area contributed by atoms with Crippen molar-refractivity contribution in [2.24, 2.45) is 0 Å². The Balaban J connectivity index is 0.00000529. The molecule has 0 bridgehead atoms. The molecule has 0 fully saturated rings. The molecule has 9 heteroatoms. The lowest BCUT2D eigenvalue weighted by molar-refractivity contribution is -0.384. The van der Waals surface area contributed by atoms with E-state index in [2.05, 4.69) is 10.6 Å². The van der Waals surface area contributed by atoms with Crippen LogP contribution < -0.4 is 10.6 Å². The monoisotopic (exact) mass is 359 g/mol. The molecule has 3 N–H and O–H groups in total. The molecule has 0 saturated heterocycles. The number of anilines is 1. The summed E-state index contributed by atoms with van der Waals surface area (Å²) in [5.74, 6) is -1.21. The Labute approximate surface area is 146 Å². The van der Waals surface area contributed by atoms with E-state index < -0.39 is 16.9 Å². The zero-order chi connectivity index (χ0) is 17.4. The molecule has 8 nitrogen and oxygen atoms in total. The third-order valence-corrected chi connectivity index (χ3v) is 3.31. The van der Waals surface area contributed by atoms with Gasteiger partial charge in [0.1, 0.15) is 6.04 Å². The quantitative estimate of drug-likeness (QED) is 0.460. The van der Waals surface area contributed by atoms with Crippen molar-refractivity contribution in [1.82, 2.24) is 5.32 Å². The van der Waals surface area contributed by atoms with Crippen LogP contribution in [0.3, 0.4) is 0 Å². The van der Waals surface area contributed by atoms with Gasteiger partial charge in [0.15, 0.2) is 0 Å². The number of non-ortho nitro benzene ring substituents is 1. The number of halogens is 1. The van der Waals surface area contributed by atoms with Crippen LogP contribution in [0.4, 0.5) is 11.4 Å². The summed E-state index contributed by atoms with van der Waals surface area (Å²) in [6.45, 7) is 3.80. The summed E-state index contributed by atoms with van der Waals surface area (Å²) >= 11 is 0. The number of nitrogens with one attached hydrogen (secondary N) is 2. The van der Waals surface area contributed by atoms with E-state index in [-0.39, 0.29) is 37.0 Å². The van der Waals surface area contributed by atoms with Gasteiger partial charge in [-0.25, -0.2) is 0 Å². The molecule has 0 saturated carbocycles. The summed E-state index contributed by atoms with van der Waals surface area (Å²) in [6, 6.07) is 3.53. The molecule has 0 aromatic heterocycles. The number of carbonyl (C=O) groups is 2. The zero-order valence-electron chi connectivity index (χ0n) is 13.6. The van der Waals surface area contributed by atoms with Crippen LogP contribution in [0.1, 0.15) is 31.7 Å². The molecule has 0 aliphatic heterocycles. The van der Waals surface area contributed by atoms with Gasteiger partial charge >= 0.3 is 5.97 Å². The van der Waals surface area contributed by atoms with Crippen molar-refractivity contribution in [1.29, 1.82) is 0 Å². The Kier molecular flexibility index (Phi) is 9.60. The van der Waals surface area contributed by atoms with Gasteiger partial charge in [-0.3, -0.25) is 19.7 Å². The highest BCUT2D eigenvalue weighted by Crippen LogP contribution is 2.21. The van der Waals surface area contributed by atoms with Crippen molar-refractivity contribution in [3.8, 4) is 0 Å². The van der Waals surface area contributed by atoms with Gasteiger partial charge in [-0.1, -0.05) is 13.3 Å². The Bertz CT molecular complexity index is 594. The number of aliphatic carboxylic acids is 1. The Hall–Kier alpha value is -2.19. The van der Waals surface area contributed by atoms with Gasteiger partial charge in [-0.05, 0) is 25.0 Å². The highest BCUT2D eigenvalue weighted by molar-refractivity contribution is 5.91. The highest BCUT2D eigenvalue weighted by Gasteiger charge is 2.16. The molecule has 0 aliphatic carbocycles. The third kappa shape index (κ3) is 6.93. The van der Waals surface area contributed by atoms with Crippen LogP contribution in [-0.4, -0.2) is 34.5 Å². The molecule has 24 heavy (non-hydrogen) atoms. The first-order valence-corrected chi connectivity index (χ1v) is 7.36. The lowest BCUT2D eigenvalue weighted by Gasteiger charge is -2.13. The number of carbonyl (C=O) groups excluding carboxylic acids is 1. The molecular formula is C15H22ClN3O5. The first-order valence-electron chi connectivity index (χ1n) is 7.36. The topological polar surface area (TPSA) is 122 Å². The standard InChI is InChI=1S/C15H21N3O5.ClH/c1-3-4-13(15(20)21)16-8-7-14(19)17-12-6-5-11(18(22)23)9-10(12)2;/h5-6,9,13,16H,3-4,7-8H2,1-2H3,(H,17,19)(H,20,21);1H. The molecule has 0 aliphatic rings. The van der Waals surface area contributed by atoms with Crippen molar-refractivity contribution < 1.29 is 19.6 Å². The molecule has 0 radical (unpaired) electrons. The summed E-state index contributed by atoms with van der Waals surface area (Å²) < 4.78 is 0. The number of amides is 1. The number of nitro benzene ring substituents is 1. The number of benzene rings is 1. The number of nitro groups is 1. The average molecular weight is 360 g/mol. The van der Waals surface area contributed by atoms with Crippen molar-refractivity contribution in [2.75, 3.05) is 11.9 Å². The predicted molar refractivity (Wildman–Crippen MR) is 92.7 cm³/mol. The number of carboxylic acids is 1. The largest absolute Gasteiger partial charge is 0.480 e. The minimum Gasteiger partial charge on any atom is -0.480 e. The molecule has 1 aromatic carbocycles. The zero-order valence-corrected chi connectivity index (χ0v) is 14.4. The maximum Gasteiger partial charge on any atom is 0.320 e. The summed E-state index contributed by atoms with van der Waals surface area (Å²) in [6.07, 6.45) is 1.35. The van der Waals surface area contributed by atoms with E-state index in [4.69, 9.17) is 5.11 Å². The number of hydrogen-bond donors (Lipinski definition) is 3. The fourth-order valence-electron chi connectivity index (χ4n) is 2.08. The Morgan fingerprint density at radius 2 is 2.04 bits per heavy atom. The summed E-state index contributed by atoms with van der Waals surface area (Å²) in [5, 5.41) is 25.1. The van der Waals surface area contributed by atoms with Gasteiger partial charge in [0.2, 0.25) is 5.91 Å². The normalized spacial score (nSPS) is 11.2. The number of nitrogens with zero attached hydrogens (tertiary/aromatic N) is 1. The average Bonchev–Trinajstić information content (AvgIpc) is 2.48. The number of rotatable bonds is 9. The minimum absolute atomic E-state index is 0. The molecule has 134 valence electrons. The van der Waals surface area contributed by atoms with E-state index in [9.17, 15) is 19.7 Å². The third-order valence-electron chi connectivity index (χ3n) is 3.31. The van der Waals surface area contributed by atoms with E-state index >= 15 is 0 Å². The lowest BCUT2D eigenvalue weighted by atomic mass is 10.1. The predicted octanol–water partition coefficient (Wildman–Crippen LogP) is 2.50. The van der Waals surface area contributed by atoms with E-state index in [0.717, 1.165) is 6.42 Å². The Morgan fingerprint density at radius 1 is 1.38 bits per heavy atom. The first kappa shape index (κ1) is 21.8. The Morgan fingerprint density at radius 3 is 2.54 bits per heavy atom. The van der Waals surface area contributed by atoms with Gasteiger partial charge in [-0.2, -0.15) is 0 Å². The molecule has 1 aromatic rings. The number of aryl methyl sites for hydroxylation is 1. The molecule has 1 rings (SSSR count). The minimum atomic E-state index is -0.932. The fraction of sp³-hybridized carbons (Fsp3) is 0.467. The van der Waals surface area contributed by atoms with Gasteiger partial charge < -0.3 is 15.7 Å². The highest BCUT2D eigenvalue weighted by atomic mass is 35.5. The van der Waals surface area contributed by atoms with Gasteiger partial charge in [0, 0.05) is 30.8 Å². The van der Waals surface area contributed by atoms with Crippen LogP contribution in [-0.2, 0) is 9.59 Å². The van der Waals surface area contributed by atoms with E-state index in [0.29, 0.717) is 17.7 Å². The maximum absolute atomic E-state index is 11.9. The molecular weight excluding hydrogens is 338 g/mol. The SMILES string of the molecule is CCCC(NCCC(=O)Nc1ccc([N+](=O)[O-])cc1C)C(=O)O.Cl. The van der Waals surface area contributed by atoms with Crippen LogP contribution in [0.25, 0.3) is 0 Å². The van der Waals surface area contributed by atoms with Crippen LogP contribution in [0, 0.1) is 17.0 Å². The van der Waals surface area contributed by atoms with E-state index in [1.165, 1.54) is 18.2 Å². The fourth-order valence-corrected chi connectivity index (χ4v) is 2.08. The van der Waals surface area contributed by atoms with Crippen molar-refractivity contribution in [3.63, 3.8) is 0 Å². The van der Waals surface area contributed by atoms with E-state index in [1.807, 2.05) is 6.92 Å². The molecule has 0 spiro atoms. The summed E-state index contributed by atoms with van der Waals surface area (Å²) in [7, 11) is 0.